The number of rotatable bonds is 6. The summed E-state index contributed by atoms with van der Waals surface area (Å²) in [4.78, 5) is 0. The van der Waals surface area contributed by atoms with Crippen molar-refractivity contribution in [2.75, 3.05) is 13.7 Å². The predicted octanol–water partition coefficient (Wildman–Crippen LogP) is 2.89. The second kappa shape index (κ2) is 6.62. The monoisotopic (exact) mass is 274 g/mol. The van der Waals surface area contributed by atoms with Crippen molar-refractivity contribution >= 4 is 0 Å². The molecule has 1 aliphatic rings. The van der Waals surface area contributed by atoms with E-state index in [1.54, 1.807) is 7.11 Å². The van der Waals surface area contributed by atoms with E-state index in [0.29, 0.717) is 0 Å². The smallest absolute Gasteiger partial charge is 0.161 e. The van der Waals surface area contributed by atoms with Crippen molar-refractivity contribution in [1.29, 1.82) is 5.26 Å². The summed E-state index contributed by atoms with van der Waals surface area (Å²) in [5.74, 6) is 1.49. The zero-order chi connectivity index (χ0) is 14.4. The second-order valence-corrected chi connectivity index (χ2v) is 5.25. The zero-order valence-corrected chi connectivity index (χ0v) is 12.2. The van der Waals surface area contributed by atoms with Crippen molar-refractivity contribution < 1.29 is 9.47 Å². The number of hydrogen-bond acceptors (Lipinski definition) is 4. The molecule has 20 heavy (non-hydrogen) atoms. The van der Waals surface area contributed by atoms with Crippen LogP contribution in [0, 0.1) is 11.3 Å². The number of nitriles is 1. The molecular weight excluding hydrogens is 252 g/mol. The van der Waals surface area contributed by atoms with Crippen LogP contribution in [0.3, 0.4) is 0 Å². The molecule has 0 aliphatic heterocycles. The van der Waals surface area contributed by atoms with Crippen LogP contribution in [-0.2, 0) is 0 Å². The van der Waals surface area contributed by atoms with Crippen LogP contribution in [0.1, 0.15) is 32.6 Å². The van der Waals surface area contributed by atoms with Gasteiger partial charge in [-0.15, -0.1) is 0 Å². The van der Waals surface area contributed by atoms with Gasteiger partial charge in [-0.25, -0.2) is 0 Å². The van der Waals surface area contributed by atoms with Crippen LogP contribution in [0.15, 0.2) is 24.3 Å². The first-order valence-corrected chi connectivity index (χ1v) is 7.19. The lowest BCUT2D eigenvalue weighted by atomic mass is 9.99. The Morgan fingerprint density at radius 1 is 1.40 bits per heavy atom. The van der Waals surface area contributed by atoms with Crippen molar-refractivity contribution in [1.82, 2.24) is 5.32 Å². The highest BCUT2D eigenvalue weighted by Crippen LogP contribution is 2.35. The largest absolute Gasteiger partial charge is 0.493 e. The van der Waals surface area contributed by atoms with Crippen LogP contribution in [0.5, 0.6) is 11.5 Å². The Balaban J connectivity index is 2.01. The number of nitrogens with one attached hydrogen (secondary N) is 1. The van der Waals surface area contributed by atoms with Gasteiger partial charge in [0.1, 0.15) is 11.6 Å². The minimum atomic E-state index is -0.428. The second-order valence-electron chi connectivity index (χ2n) is 5.25. The van der Waals surface area contributed by atoms with Crippen LogP contribution in [0.25, 0.3) is 0 Å². The molecule has 0 saturated heterocycles. The molecule has 4 nitrogen and oxygen atoms in total. The Morgan fingerprint density at radius 2 is 2.15 bits per heavy atom. The average Bonchev–Trinajstić information content (AvgIpc) is 2.89. The lowest BCUT2D eigenvalue weighted by molar-refractivity contribution is 0.192. The van der Waals surface area contributed by atoms with Crippen LogP contribution < -0.4 is 14.8 Å². The molecule has 0 heterocycles. The number of benzene rings is 1. The molecule has 1 aliphatic carbocycles. The Labute approximate surface area is 120 Å². The normalized spacial score (nSPS) is 25.1. The molecule has 0 bridgehead atoms. The summed E-state index contributed by atoms with van der Waals surface area (Å²) < 4.78 is 11.3. The van der Waals surface area contributed by atoms with Gasteiger partial charge in [0, 0.05) is 6.42 Å². The van der Waals surface area contributed by atoms with Crippen molar-refractivity contribution in [3.05, 3.63) is 24.3 Å². The summed E-state index contributed by atoms with van der Waals surface area (Å²) >= 11 is 0. The predicted molar refractivity (Wildman–Crippen MR) is 77.9 cm³/mol. The molecule has 0 radical (unpaired) electrons. The zero-order valence-electron chi connectivity index (χ0n) is 12.2. The van der Waals surface area contributed by atoms with E-state index in [4.69, 9.17) is 9.47 Å². The summed E-state index contributed by atoms with van der Waals surface area (Å²) in [6.45, 7) is 2.98. The first-order chi connectivity index (χ1) is 9.73. The third kappa shape index (κ3) is 3.23. The first-order valence-electron chi connectivity index (χ1n) is 7.19. The Hall–Kier alpha value is -1.73. The van der Waals surface area contributed by atoms with Crippen LogP contribution in [0.2, 0.25) is 0 Å². The SMILES string of the molecule is CCCNC1(C#N)CCC(Oc2ccccc2OC)C1. The Morgan fingerprint density at radius 3 is 2.80 bits per heavy atom. The fourth-order valence-corrected chi connectivity index (χ4v) is 2.66. The number of methoxy groups -OCH3 is 1. The van der Waals surface area contributed by atoms with E-state index in [1.807, 2.05) is 24.3 Å². The third-order valence-corrected chi connectivity index (χ3v) is 3.76. The fraction of sp³-hybridized carbons (Fsp3) is 0.562. The minimum absolute atomic E-state index is 0.0651. The van der Waals surface area contributed by atoms with Crippen molar-refractivity contribution in [2.24, 2.45) is 0 Å². The summed E-state index contributed by atoms with van der Waals surface area (Å²) in [6, 6.07) is 10.1. The van der Waals surface area contributed by atoms with Gasteiger partial charge in [-0.2, -0.15) is 5.26 Å². The summed E-state index contributed by atoms with van der Waals surface area (Å²) in [7, 11) is 1.64. The van der Waals surface area contributed by atoms with Gasteiger partial charge in [0.2, 0.25) is 0 Å². The highest BCUT2D eigenvalue weighted by atomic mass is 16.5. The number of hydrogen-bond donors (Lipinski definition) is 1. The van der Waals surface area contributed by atoms with Crippen molar-refractivity contribution in [3.63, 3.8) is 0 Å². The highest BCUT2D eigenvalue weighted by Gasteiger charge is 2.40. The molecule has 108 valence electrons. The maximum atomic E-state index is 9.44. The molecule has 1 aromatic carbocycles. The molecule has 1 saturated carbocycles. The minimum Gasteiger partial charge on any atom is -0.493 e. The van der Waals surface area contributed by atoms with Crippen LogP contribution in [0.4, 0.5) is 0 Å². The van der Waals surface area contributed by atoms with Gasteiger partial charge in [0.05, 0.1) is 13.2 Å². The maximum absolute atomic E-state index is 9.44. The molecule has 2 atom stereocenters. The van der Waals surface area contributed by atoms with Crippen molar-refractivity contribution in [3.8, 4) is 17.6 Å². The van der Waals surface area contributed by atoms with Crippen LogP contribution in [-0.4, -0.2) is 25.3 Å². The number of para-hydroxylation sites is 2. The Kier molecular flexibility index (Phi) is 4.86. The van der Waals surface area contributed by atoms with Gasteiger partial charge in [-0.1, -0.05) is 19.1 Å². The molecular formula is C16H22N2O2. The van der Waals surface area contributed by atoms with Crippen LogP contribution >= 0.6 is 0 Å². The van der Waals surface area contributed by atoms with Gasteiger partial charge in [0.15, 0.2) is 11.5 Å². The van der Waals surface area contributed by atoms with Gasteiger partial charge in [0.25, 0.3) is 0 Å². The van der Waals surface area contributed by atoms with E-state index >= 15 is 0 Å². The standard InChI is InChI=1S/C16H22N2O2/c1-3-10-18-16(12-17)9-8-13(11-16)20-15-7-5-4-6-14(15)19-2/h4-7,13,18H,3,8-11H2,1-2H3. The van der Waals surface area contributed by atoms with Gasteiger partial charge >= 0.3 is 0 Å². The molecule has 2 rings (SSSR count). The topological polar surface area (TPSA) is 54.3 Å². The van der Waals surface area contributed by atoms with Gasteiger partial charge in [-0.05, 0) is 37.9 Å². The average molecular weight is 274 g/mol. The molecule has 0 amide bonds. The quantitative estimate of drug-likeness (QED) is 0.866. The first kappa shape index (κ1) is 14.7. The van der Waals surface area contributed by atoms with Crippen molar-refractivity contribution in [2.45, 2.75) is 44.2 Å². The summed E-state index contributed by atoms with van der Waals surface area (Å²) in [6.07, 6.45) is 3.55. The highest BCUT2D eigenvalue weighted by molar-refractivity contribution is 5.39. The fourth-order valence-electron chi connectivity index (χ4n) is 2.66. The van der Waals surface area contributed by atoms with E-state index in [0.717, 1.165) is 43.7 Å². The van der Waals surface area contributed by atoms with E-state index in [1.165, 1.54) is 0 Å². The van der Waals surface area contributed by atoms with E-state index in [2.05, 4.69) is 18.3 Å². The molecule has 0 spiro atoms. The number of nitrogens with zero attached hydrogens (tertiary/aromatic N) is 1. The Bertz CT molecular complexity index is 484. The van der Waals surface area contributed by atoms with E-state index in [9.17, 15) is 5.26 Å². The lowest BCUT2D eigenvalue weighted by Crippen LogP contribution is -2.42. The molecule has 2 unspecified atom stereocenters. The molecule has 0 aromatic heterocycles. The number of ether oxygens (including phenoxy) is 2. The summed E-state index contributed by atoms with van der Waals surface area (Å²) in [5, 5.41) is 12.8. The van der Waals surface area contributed by atoms with E-state index in [-0.39, 0.29) is 6.10 Å². The van der Waals surface area contributed by atoms with Gasteiger partial charge < -0.3 is 9.47 Å². The van der Waals surface area contributed by atoms with Gasteiger partial charge in [-0.3, -0.25) is 5.32 Å². The van der Waals surface area contributed by atoms with E-state index < -0.39 is 5.54 Å². The lowest BCUT2D eigenvalue weighted by Gasteiger charge is -2.23. The summed E-state index contributed by atoms with van der Waals surface area (Å²) in [5.41, 5.74) is -0.428. The molecule has 1 N–H and O–H groups in total. The maximum Gasteiger partial charge on any atom is 0.161 e. The molecule has 4 heteroatoms. The third-order valence-electron chi connectivity index (χ3n) is 3.76. The molecule has 1 aromatic rings. The molecule has 1 fully saturated rings.